The lowest BCUT2D eigenvalue weighted by Gasteiger charge is -2.28. The minimum absolute atomic E-state index is 0.00474. The largest absolute Gasteiger partial charge is 0.756 e. The van der Waals surface area contributed by atoms with Gasteiger partial charge in [-0.15, -0.1) is 0 Å². The van der Waals surface area contributed by atoms with Crippen LogP contribution in [0, 0.1) is 0 Å². The van der Waals surface area contributed by atoms with E-state index < -0.39 is 19.9 Å². The van der Waals surface area contributed by atoms with Crippen molar-refractivity contribution in [2.75, 3.05) is 54.1 Å². The number of quaternary nitrogens is 1. The smallest absolute Gasteiger partial charge is 0.306 e. The molecule has 9 nitrogen and oxygen atoms in total. The van der Waals surface area contributed by atoms with Crippen molar-refractivity contribution < 1.29 is 42.4 Å². The first-order valence-electron chi connectivity index (χ1n) is 22.8. The van der Waals surface area contributed by atoms with Gasteiger partial charge in [-0.1, -0.05) is 183 Å². The van der Waals surface area contributed by atoms with E-state index in [9.17, 15) is 19.4 Å². The van der Waals surface area contributed by atoms with Gasteiger partial charge in [-0.3, -0.25) is 9.36 Å². The summed E-state index contributed by atoms with van der Waals surface area (Å²) in [5, 5.41) is 9.48. The van der Waals surface area contributed by atoms with Crippen LogP contribution in [0.2, 0.25) is 0 Å². The quantitative estimate of drug-likeness (QED) is 0.0162. The molecule has 0 aliphatic carbocycles. The molecule has 0 aliphatic heterocycles. The molecule has 0 aliphatic rings. The topological polar surface area (TPSA) is 114 Å². The molecule has 58 heavy (non-hydrogen) atoms. The van der Waals surface area contributed by atoms with Gasteiger partial charge in [0.05, 0.1) is 40.5 Å². The molecule has 0 spiro atoms. The van der Waals surface area contributed by atoms with E-state index in [0.29, 0.717) is 24.1 Å². The number of esters is 1. The third-order valence-corrected chi connectivity index (χ3v) is 10.4. The molecule has 0 fully saturated rings. The Morgan fingerprint density at radius 1 is 0.638 bits per heavy atom. The van der Waals surface area contributed by atoms with E-state index >= 15 is 0 Å². The second-order valence-corrected chi connectivity index (χ2v) is 17.6. The van der Waals surface area contributed by atoms with Crippen LogP contribution in [0.25, 0.3) is 0 Å². The third-order valence-electron chi connectivity index (χ3n) is 9.44. The molecule has 336 valence electrons. The maximum atomic E-state index is 12.7. The van der Waals surface area contributed by atoms with E-state index in [1.165, 1.54) is 89.9 Å². The molecule has 3 unspecified atom stereocenters. The molecular formula is C48H86NO8P. The zero-order chi connectivity index (χ0) is 42.8. The monoisotopic (exact) mass is 836 g/mol. The molecular weight excluding hydrogens is 750 g/mol. The van der Waals surface area contributed by atoms with Gasteiger partial charge in [0.15, 0.2) is 0 Å². The van der Waals surface area contributed by atoms with Crippen molar-refractivity contribution in [2.24, 2.45) is 0 Å². The Kier molecular flexibility index (Phi) is 38.9. The maximum Gasteiger partial charge on any atom is 0.306 e. The Morgan fingerprint density at radius 2 is 1.12 bits per heavy atom. The van der Waals surface area contributed by atoms with Crippen LogP contribution < -0.4 is 4.89 Å². The highest BCUT2D eigenvalue weighted by Crippen LogP contribution is 2.38. The third kappa shape index (κ3) is 43.5. The molecule has 0 rings (SSSR count). The number of aliphatic hydroxyl groups excluding tert-OH is 1. The number of allylic oxidation sites excluding steroid dienone is 11. The van der Waals surface area contributed by atoms with Crippen LogP contribution in [0.5, 0.6) is 0 Å². The average molecular weight is 836 g/mol. The number of carbonyl (C=O) groups excluding carboxylic acids is 1. The number of phosphoric acid groups is 1. The highest BCUT2D eigenvalue weighted by Gasteiger charge is 2.20. The van der Waals surface area contributed by atoms with Gasteiger partial charge in [-0.25, -0.2) is 0 Å². The van der Waals surface area contributed by atoms with E-state index in [1.807, 2.05) is 52.4 Å². The normalized spacial score (nSPS) is 14.9. The minimum atomic E-state index is -4.55. The summed E-state index contributed by atoms with van der Waals surface area (Å²) in [5.74, 6) is -0.426. The van der Waals surface area contributed by atoms with Gasteiger partial charge in [0, 0.05) is 13.0 Å². The number of rotatable bonds is 41. The molecule has 0 saturated heterocycles. The molecule has 0 radical (unpaired) electrons. The van der Waals surface area contributed by atoms with Crippen molar-refractivity contribution in [2.45, 2.75) is 174 Å². The Bertz CT molecular complexity index is 1170. The van der Waals surface area contributed by atoms with Crippen LogP contribution in [0.4, 0.5) is 0 Å². The zero-order valence-electron chi connectivity index (χ0n) is 37.6. The fraction of sp³-hybridized carbons (Fsp3) is 0.729. The molecule has 0 heterocycles. The van der Waals surface area contributed by atoms with E-state index in [1.54, 1.807) is 6.08 Å². The van der Waals surface area contributed by atoms with Gasteiger partial charge >= 0.3 is 5.97 Å². The number of likely N-dealkylation sites (N-methyl/N-ethyl adjacent to an activating group) is 1. The first-order chi connectivity index (χ1) is 28.0. The van der Waals surface area contributed by atoms with Crippen molar-refractivity contribution in [3.63, 3.8) is 0 Å². The number of phosphoric ester groups is 1. The van der Waals surface area contributed by atoms with Crippen LogP contribution in [0.15, 0.2) is 72.9 Å². The first kappa shape index (κ1) is 55.9. The summed E-state index contributed by atoms with van der Waals surface area (Å²) in [6.45, 7) is 4.96. The highest BCUT2D eigenvalue weighted by atomic mass is 31.2. The summed E-state index contributed by atoms with van der Waals surface area (Å²) in [6.07, 6.45) is 48.8. The highest BCUT2D eigenvalue weighted by molar-refractivity contribution is 7.45. The van der Waals surface area contributed by atoms with E-state index in [-0.39, 0.29) is 32.3 Å². The Hall–Kier alpha value is -2.10. The minimum Gasteiger partial charge on any atom is -0.756 e. The van der Waals surface area contributed by atoms with Gasteiger partial charge in [-0.2, -0.15) is 0 Å². The average Bonchev–Trinajstić information content (AvgIpc) is 3.18. The molecule has 0 bridgehead atoms. The second-order valence-electron chi connectivity index (χ2n) is 16.2. The number of hydrogen-bond donors (Lipinski definition) is 1. The molecule has 0 aromatic carbocycles. The lowest BCUT2D eigenvalue weighted by atomic mass is 10.0. The number of ether oxygens (including phenoxy) is 2. The Morgan fingerprint density at radius 3 is 1.62 bits per heavy atom. The van der Waals surface area contributed by atoms with Crippen molar-refractivity contribution in [1.29, 1.82) is 0 Å². The maximum absolute atomic E-state index is 12.7. The summed E-state index contributed by atoms with van der Waals surface area (Å²) in [7, 11) is 1.28. The number of hydrogen-bond acceptors (Lipinski definition) is 8. The van der Waals surface area contributed by atoms with Crippen LogP contribution in [-0.2, 0) is 27.9 Å². The Labute approximate surface area is 355 Å². The first-order valence-corrected chi connectivity index (χ1v) is 24.2. The summed E-state index contributed by atoms with van der Waals surface area (Å²) < 4.78 is 34.5. The van der Waals surface area contributed by atoms with Crippen molar-refractivity contribution in [1.82, 2.24) is 0 Å². The number of aliphatic hydroxyl groups is 1. The molecule has 0 aromatic heterocycles. The Balaban J connectivity index is 4.37. The summed E-state index contributed by atoms with van der Waals surface area (Å²) >= 11 is 0. The van der Waals surface area contributed by atoms with Crippen LogP contribution >= 0.6 is 7.82 Å². The number of nitrogens with zero attached hydrogens (tertiary/aromatic N) is 1. The van der Waals surface area contributed by atoms with Crippen molar-refractivity contribution >= 4 is 13.8 Å². The number of carbonyl (C=O) groups is 1. The summed E-state index contributed by atoms with van der Waals surface area (Å²) in [6, 6.07) is 0. The number of unbranched alkanes of at least 4 members (excludes halogenated alkanes) is 15. The van der Waals surface area contributed by atoms with Crippen LogP contribution in [0.3, 0.4) is 0 Å². The van der Waals surface area contributed by atoms with E-state index in [4.69, 9.17) is 18.5 Å². The predicted octanol–water partition coefficient (Wildman–Crippen LogP) is 11.8. The van der Waals surface area contributed by atoms with Crippen molar-refractivity contribution in [3.8, 4) is 0 Å². The van der Waals surface area contributed by atoms with Gasteiger partial charge < -0.3 is 33.0 Å². The lowest BCUT2D eigenvalue weighted by molar-refractivity contribution is -0.870. The van der Waals surface area contributed by atoms with Gasteiger partial charge in [0.2, 0.25) is 0 Å². The van der Waals surface area contributed by atoms with E-state index in [0.717, 1.165) is 44.9 Å². The SMILES string of the molecule is CCCCCCCCCCCCCCCCCCOCC(COP(=O)([O-])OCC[N+](C)(C)C)OC(=O)CC/C=C\C/C=C\C/C=C\C/C=C\C/C=C\C=C\C(O)CC. The second kappa shape index (κ2) is 40.3. The van der Waals surface area contributed by atoms with Gasteiger partial charge in [-0.05, 0) is 44.9 Å². The fourth-order valence-electron chi connectivity index (χ4n) is 5.76. The zero-order valence-corrected chi connectivity index (χ0v) is 38.5. The van der Waals surface area contributed by atoms with Crippen molar-refractivity contribution in [3.05, 3.63) is 72.9 Å². The molecule has 10 heteroatoms. The van der Waals surface area contributed by atoms with E-state index in [2.05, 4.69) is 49.5 Å². The molecule has 0 saturated carbocycles. The lowest BCUT2D eigenvalue weighted by Crippen LogP contribution is -2.37. The molecule has 1 N–H and O–H groups in total. The standard InChI is InChI=1S/C48H86NO8P/c1-6-8-9-10-11-12-13-14-15-20-23-26-29-32-35-38-42-54-44-47(45-56-58(52,53)55-43-41-49(3,4)5)57-48(51)40-37-34-31-28-25-22-19-17-16-18-21-24-27-30-33-36-39-46(50)7-2/h16-17,21-22,24-25,30-31,33-34,36,39,46-47,50H,6-15,18-20,23,26-29,32,35,37-38,40-45H2,1-5H3/b17-16-,24-21-,25-22-,33-30-,34-31-,39-36+. The fourth-order valence-corrected chi connectivity index (χ4v) is 6.49. The predicted molar refractivity (Wildman–Crippen MR) is 241 cm³/mol. The summed E-state index contributed by atoms with van der Waals surface area (Å²) in [5.41, 5.74) is 0. The molecule has 0 aromatic rings. The van der Waals surface area contributed by atoms with Gasteiger partial charge in [0.1, 0.15) is 19.3 Å². The summed E-state index contributed by atoms with van der Waals surface area (Å²) in [4.78, 5) is 25.0. The van der Waals surface area contributed by atoms with Crippen LogP contribution in [0.1, 0.15) is 162 Å². The molecule has 0 amide bonds. The molecule has 3 atom stereocenters. The van der Waals surface area contributed by atoms with Gasteiger partial charge in [0.25, 0.3) is 7.82 Å². The van der Waals surface area contributed by atoms with Crippen LogP contribution in [-0.4, -0.2) is 81.9 Å².